The second kappa shape index (κ2) is 3.73. The summed E-state index contributed by atoms with van der Waals surface area (Å²) in [4.78, 5) is 18.2. The number of benzene rings is 1. The largest absolute Gasteiger partial charge is 0.481 e. The van der Waals surface area contributed by atoms with E-state index in [1.54, 1.807) is 12.5 Å². The van der Waals surface area contributed by atoms with E-state index in [1.807, 2.05) is 30.3 Å². The molecule has 1 aromatic carbocycles. The topological polar surface area (TPSA) is 66.0 Å². The molecule has 2 aromatic rings. The number of aromatic amines is 1. The van der Waals surface area contributed by atoms with Crippen LogP contribution < -0.4 is 0 Å². The van der Waals surface area contributed by atoms with Gasteiger partial charge in [-0.3, -0.25) is 4.79 Å². The standard InChI is InChI=1S/C13H12N2O2/c16-13(17)12-10(8-4-2-1-3-5-8)11(12)9-6-14-7-15-9/h1-7,10-12H,(H,14,15)(H,16,17)/t10-,11-,12+/m0/s1. The summed E-state index contributed by atoms with van der Waals surface area (Å²) in [6.45, 7) is 0. The van der Waals surface area contributed by atoms with Crippen molar-refractivity contribution in [2.45, 2.75) is 11.8 Å². The van der Waals surface area contributed by atoms with Gasteiger partial charge in [0.25, 0.3) is 0 Å². The molecule has 1 aromatic heterocycles. The average molecular weight is 228 g/mol. The molecular formula is C13H12N2O2. The Morgan fingerprint density at radius 1 is 1.24 bits per heavy atom. The van der Waals surface area contributed by atoms with Crippen molar-refractivity contribution in [2.24, 2.45) is 5.92 Å². The second-order valence-corrected chi connectivity index (χ2v) is 4.33. The van der Waals surface area contributed by atoms with Crippen LogP contribution in [-0.2, 0) is 4.79 Å². The average Bonchev–Trinajstić information content (AvgIpc) is 2.87. The minimum Gasteiger partial charge on any atom is -0.481 e. The molecule has 0 amide bonds. The fourth-order valence-corrected chi connectivity index (χ4v) is 2.54. The van der Waals surface area contributed by atoms with Crippen molar-refractivity contribution in [3.05, 3.63) is 54.1 Å². The highest BCUT2D eigenvalue weighted by Gasteiger charge is 2.57. The summed E-state index contributed by atoms with van der Waals surface area (Å²) in [6, 6.07) is 9.79. The van der Waals surface area contributed by atoms with E-state index in [9.17, 15) is 9.90 Å². The van der Waals surface area contributed by atoms with Crippen LogP contribution in [0.4, 0.5) is 0 Å². The Morgan fingerprint density at radius 3 is 2.59 bits per heavy atom. The van der Waals surface area contributed by atoms with Crippen molar-refractivity contribution in [3.8, 4) is 0 Å². The highest BCUT2D eigenvalue weighted by molar-refractivity contribution is 5.78. The van der Waals surface area contributed by atoms with Gasteiger partial charge in [0.05, 0.1) is 12.2 Å². The fourth-order valence-electron chi connectivity index (χ4n) is 2.54. The van der Waals surface area contributed by atoms with Crippen molar-refractivity contribution >= 4 is 5.97 Å². The van der Waals surface area contributed by atoms with Crippen LogP contribution in [0.3, 0.4) is 0 Å². The molecule has 17 heavy (non-hydrogen) atoms. The second-order valence-electron chi connectivity index (χ2n) is 4.33. The van der Waals surface area contributed by atoms with Gasteiger partial charge in [0.2, 0.25) is 0 Å². The summed E-state index contributed by atoms with van der Waals surface area (Å²) in [7, 11) is 0. The van der Waals surface area contributed by atoms with Crippen molar-refractivity contribution in [3.63, 3.8) is 0 Å². The molecule has 0 unspecified atom stereocenters. The summed E-state index contributed by atoms with van der Waals surface area (Å²) in [5.41, 5.74) is 1.99. The third-order valence-corrected chi connectivity index (χ3v) is 3.37. The van der Waals surface area contributed by atoms with Gasteiger partial charge in [0.1, 0.15) is 0 Å². The number of nitrogens with zero attached hydrogens (tertiary/aromatic N) is 1. The number of aliphatic carboxylic acids is 1. The lowest BCUT2D eigenvalue weighted by Gasteiger charge is -1.97. The molecule has 0 saturated heterocycles. The van der Waals surface area contributed by atoms with Gasteiger partial charge in [-0.25, -0.2) is 4.98 Å². The SMILES string of the molecule is O=C(O)[C@@H]1[C@@H](c2ccccc2)[C@@H]1c1cnc[nH]1. The lowest BCUT2D eigenvalue weighted by atomic mass is 10.1. The van der Waals surface area contributed by atoms with Gasteiger partial charge in [-0.2, -0.15) is 0 Å². The lowest BCUT2D eigenvalue weighted by Crippen LogP contribution is -2.00. The van der Waals surface area contributed by atoms with E-state index in [1.165, 1.54) is 0 Å². The number of imidazole rings is 1. The first-order valence-electron chi connectivity index (χ1n) is 5.55. The molecule has 1 fully saturated rings. The summed E-state index contributed by atoms with van der Waals surface area (Å²) < 4.78 is 0. The summed E-state index contributed by atoms with van der Waals surface area (Å²) >= 11 is 0. The van der Waals surface area contributed by atoms with Gasteiger partial charge in [-0.15, -0.1) is 0 Å². The molecule has 2 N–H and O–H groups in total. The van der Waals surface area contributed by atoms with Crippen LogP contribution in [0.5, 0.6) is 0 Å². The summed E-state index contributed by atoms with van der Waals surface area (Å²) in [5, 5.41) is 9.22. The Hall–Kier alpha value is -2.10. The van der Waals surface area contributed by atoms with E-state index >= 15 is 0 Å². The molecule has 3 atom stereocenters. The Morgan fingerprint density at radius 2 is 2.00 bits per heavy atom. The number of carboxylic acids is 1. The van der Waals surface area contributed by atoms with Crippen LogP contribution in [0.25, 0.3) is 0 Å². The number of carboxylic acid groups (broad SMARTS) is 1. The molecule has 0 bridgehead atoms. The number of aromatic nitrogens is 2. The van der Waals surface area contributed by atoms with Crippen LogP contribution in [0, 0.1) is 5.92 Å². The van der Waals surface area contributed by atoms with E-state index in [2.05, 4.69) is 9.97 Å². The van der Waals surface area contributed by atoms with Crippen LogP contribution in [-0.4, -0.2) is 21.0 Å². The summed E-state index contributed by atoms with van der Waals surface area (Å²) in [6.07, 6.45) is 3.30. The zero-order valence-electron chi connectivity index (χ0n) is 9.08. The normalized spacial score (nSPS) is 26.7. The van der Waals surface area contributed by atoms with Gasteiger partial charge in [-0.05, 0) is 5.56 Å². The molecule has 4 heteroatoms. The quantitative estimate of drug-likeness (QED) is 0.844. The van der Waals surface area contributed by atoms with E-state index in [0.717, 1.165) is 11.3 Å². The highest BCUT2D eigenvalue weighted by atomic mass is 16.4. The molecule has 0 aliphatic heterocycles. The van der Waals surface area contributed by atoms with Crippen LogP contribution >= 0.6 is 0 Å². The van der Waals surface area contributed by atoms with Gasteiger partial charge in [-0.1, -0.05) is 30.3 Å². The molecule has 0 spiro atoms. The first-order chi connectivity index (χ1) is 8.29. The Balaban J connectivity index is 1.93. The molecule has 1 aliphatic carbocycles. The number of rotatable bonds is 3. The maximum absolute atomic E-state index is 11.2. The molecule has 3 rings (SSSR count). The van der Waals surface area contributed by atoms with Gasteiger partial charge in [0, 0.05) is 23.7 Å². The van der Waals surface area contributed by atoms with E-state index in [-0.39, 0.29) is 17.8 Å². The molecule has 1 heterocycles. The Labute approximate surface area is 98.3 Å². The van der Waals surface area contributed by atoms with Crippen LogP contribution in [0.15, 0.2) is 42.9 Å². The Bertz CT molecular complexity index is 522. The van der Waals surface area contributed by atoms with E-state index < -0.39 is 5.97 Å². The molecule has 1 saturated carbocycles. The van der Waals surface area contributed by atoms with Crippen molar-refractivity contribution in [1.29, 1.82) is 0 Å². The minimum atomic E-state index is -0.738. The third-order valence-electron chi connectivity index (χ3n) is 3.37. The lowest BCUT2D eigenvalue weighted by molar-refractivity contribution is -0.138. The van der Waals surface area contributed by atoms with E-state index in [0.29, 0.717) is 0 Å². The molecule has 0 radical (unpaired) electrons. The highest BCUT2D eigenvalue weighted by Crippen LogP contribution is 2.59. The zero-order valence-corrected chi connectivity index (χ0v) is 9.08. The van der Waals surface area contributed by atoms with Gasteiger partial charge >= 0.3 is 5.97 Å². The number of H-pyrrole nitrogens is 1. The van der Waals surface area contributed by atoms with Crippen molar-refractivity contribution in [1.82, 2.24) is 9.97 Å². The molecular weight excluding hydrogens is 216 g/mol. The third kappa shape index (κ3) is 1.62. The fraction of sp³-hybridized carbons (Fsp3) is 0.231. The maximum atomic E-state index is 11.2. The maximum Gasteiger partial charge on any atom is 0.307 e. The van der Waals surface area contributed by atoms with Crippen LogP contribution in [0.2, 0.25) is 0 Å². The number of hydrogen-bond donors (Lipinski definition) is 2. The number of nitrogens with one attached hydrogen (secondary N) is 1. The van der Waals surface area contributed by atoms with E-state index in [4.69, 9.17) is 0 Å². The predicted molar refractivity (Wildman–Crippen MR) is 61.6 cm³/mol. The predicted octanol–water partition coefficient (Wildman–Crippen LogP) is 1.99. The van der Waals surface area contributed by atoms with Crippen molar-refractivity contribution in [2.75, 3.05) is 0 Å². The minimum absolute atomic E-state index is 0.0254. The van der Waals surface area contributed by atoms with Gasteiger partial charge < -0.3 is 10.1 Å². The smallest absolute Gasteiger partial charge is 0.307 e. The first kappa shape index (κ1) is 10.1. The number of carbonyl (C=O) groups is 1. The molecule has 4 nitrogen and oxygen atoms in total. The zero-order chi connectivity index (χ0) is 11.8. The van der Waals surface area contributed by atoms with Crippen molar-refractivity contribution < 1.29 is 9.90 Å². The first-order valence-corrected chi connectivity index (χ1v) is 5.55. The monoisotopic (exact) mass is 228 g/mol. The summed E-state index contributed by atoms with van der Waals surface area (Å²) in [5.74, 6) is -0.983. The molecule has 1 aliphatic rings. The van der Waals surface area contributed by atoms with Gasteiger partial charge in [0.15, 0.2) is 0 Å². The number of hydrogen-bond acceptors (Lipinski definition) is 2. The van der Waals surface area contributed by atoms with Crippen LogP contribution in [0.1, 0.15) is 23.1 Å². The molecule has 86 valence electrons. The Kier molecular flexibility index (Phi) is 2.21.